The minimum Gasteiger partial charge on any atom is -0.507 e. The van der Waals surface area contributed by atoms with Crippen LogP contribution < -0.4 is 14.5 Å². The van der Waals surface area contributed by atoms with Crippen LogP contribution in [0.2, 0.25) is 0 Å². The normalized spacial score (nSPS) is 19.1. The molecule has 2 saturated heterocycles. The van der Waals surface area contributed by atoms with Gasteiger partial charge in [0.2, 0.25) is 0 Å². The number of ether oxygens (including phenoxy) is 1. The van der Waals surface area contributed by atoms with Crippen LogP contribution in [-0.2, 0) is 9.59 Å². The van der Waals surface area contributed by atoms with Crippen molar-refractivity contribution in [3.05, 3.63) is 94.3 Å². The molecule has 1 atom stereocenters. The lowest BCUT2D eigenvalue weighted by atomic mass is 9.93. The number of amides is 1. The first-order valence-electron chi connectivity index (χ1n) is 12.4. The predicted octanol–water partition coefficient (Wildman–Crippen LogP) is 5.68. The molecule has 6 nitrogen and oxygen atoms in total. The zero-order chi connectivity index (χ0) is 26.3. The van der Waals surface area contributed by atoms with Gasteiger partial charge in [0.05, 0.1) is 18.7 Å². The smallest absolute Gasteiger partial charge is 0.300 e. The molecule has 7 heteroatoms. The minimum atomic E-state index is -0.917. The van der Waals surface area contributed by atoms with Gasteiger partial charge in [0.15, 0.2) is 0 Å². The maximum atomic E-state index is 13.8. The van der Waals surface area contributed by atoms with Gasteiger partial charge in [0, 0.05) is 30.0 Å². The minimum absolute atomic E-state index is 0.0344. The SMILES string of the molecule is COc1cc(C)c(/C(O)=C2\C(=O)C(=O)N(c3ccc(N4CCCC4)cc3)C2c2ccc(F)cc2)cc1C. The number of rotatable bonds is 5. The Morgan fingerprint density at radius 2 is 1.54 bits per heavy atom. The van der Waals surface area contributed by atoms with Crippen molar-refractivity contribution in [2.45, 2.75) is 32.7 Å². The van der Waals surface area contributed by atoms with Crippen LogP contribution >= 0.6 is 0 Å². The van der Waals surface area contributed by atoms with Gasteiger partial charge >= 0.3 is 0 Å². The number of aliphatic hydroxyl groups is 1. The van der Waals surface area contributed by atoms with Crippen molar-refractivity contribution in [2.24, 2.45) is 0 Å². The number of aliphatic hydroxyl groups excluding tert-OH is 1. The average Bonchev–Trinajstić information content (AvgIpc) is 3.53. The zero-order valence-electron chi connectivity index (χ0n) is 21.1. The number of hydrogen-bond acceptors (Lipinski definition) is 5. The zero-order valence-corrected chi connectivity index (χ0v) is 21.1. The van der Waals surface area contributed by atoms with E-state index in [4.69, 9.17) is 4.74 Å². The highest BCUT2D eigenvalue weighted by Crippen LogP contribution is 2.43. The highest BCUT2D eigenvalue weighted by molar-refractivity contribution is 6.51. The lowest BCUT2D eigenvalue weighted by Gasteiger charge is -2.26. The Hall–Kier alpha value is -4.13. The lowest BCUT2D eigenvalue weighted by Crippen LogP contribution is -2.29. The fourth-order valence-corrected chi connectivity index (χ4v) is 5.27. The fraction of sp³-hybridized carbons (Fsp3) is 0.267. The topological polar surface area (TPSA) is 70.1 Å². The van der Waals surface area contributed by atoms with E-state index in [2.05, 4.69) is 4.90 Å². The lowest BCUT2D eigenvalue weighted by molar-refractivity contribution is -0.132. The Labute approximate surface area is 215 Å². The number of halogens is 1. The second kappa shape index (κ2) is 9.73. The second-order valence-corrected chi connectivity index (χ2v) is 9.57. The number of hydrogen-bond donors (Lipinski definition) is 1. The molecule has 5 rings (SSSR count). The highest BCUT2D eigenvalue weighted by Gasteiger charge is 2.47. The molecular weight excluding hydrogens is 471 g/mol. The summed E-state index contributed by atoms with van der Waals surface area (Å²) in [6.07, 6.45) is 2.29. The third-order valence-electron chi connectivity index (χ3n) is 7.23. The molecule has 0 saturated carbocycles. The summed E-state index contributed by atoms with van der Waals surface area (Å²) in [5.74, 6) is -1.58. The standard InChI is InChI=1S/C30H29FN2O4/c1-18-17-25(37-3)19(2)16-24(18)28(34)26-27(20-6-8-21(31)9-7-20)33(30(36)29(26)35)23-12-10-22(11-13-23)32-14-4-5-15-32/h6-13,16-17,27,34H,4-5,14-15H2,1-3H3/b28-26+. The summed E-state index contributed by atoms with van der Waals surface area (Å²) < 4.78 is 19.2. The van der Waals surface area contributed by atoms with Crippen molar-refractivity contribution in [3.63, 3.8) is 0 Å². The molecule has 0 aromatic heterocycles. The van der Waals surface area contributed by atoms with Crippen molar-refractivity contribution in [1.29, 1.82) is 0 Å². The van der Waals surface area contributed by atoms with Gasteiger partial charge in [-0.25, -0.2) is 4.39 Å². The van der Waals surface area contributed by atoms with Gasteiger partial charge in [-0.1, -0.05) is 12.1 Å². The van der Waals surface area contributed by atoms with Crippen LogP contribution in [0.3, 0.4) is 0 Å². The number of carbonyl (C=O) groups is 2. The van der Waals surface area contributed by atoms with Crippen molar-refractivity contribution >= 4 is 28.8 Å². The van der Waals surface area contributed by atoms with Gasteiger partial charge in [-0.05, 0) is 91.9 Å². The van der Waals surface area contributed by atoms with E-state index in [9.17, 15) is 19.1 Å². The van der Waals surface area contributed by atoms with Gasteiger partial charge in [0.1, 0.15) is 17.3 Å². The molecule has 37 heavy (non-hydrogen) atoms. The number of nitrogens with zero attached hydrogens (tertiary/aromatic N) is 2. The number of carbonyl (C=O) groups excluding carboxylic acids is 2. The van der Waals surface area contributed by atoms with Crippen LogP contribution in [0.5, 0.6) is 5.75 Å². The number of anilines is 2. The van der Waals surface area contributed by atoms with Gasteiger partial charge in [-0.3, -0.25) is 14.5 Å². The van der Waals surface area contributed by atoms with E-state index in [-0.39, 0.29) is 11.3 Å². The molecule has 1 amide bonds. The van der Waals surface area contributed by atoms with Crippen LogP contribution in [0.25, 0.3) is 5.76 Å². The van der Waals surface area contributed by atoms with E-state index in [0.717, 1.165) is 37.2 Å². The van der Waals surface area contributed by atoms with Crippen LogP contribution in [0, 0.1) is 19.7 Å². The molecule has 2 heterocycles. The molecule has 2 aliphatic rings. The largest absolute Gasteiger partial charge is 0.507 e. The number of aryl methyl sites for hydroxylation is 2. The van der Waals surface area contributed by atoms with Crippen LogP contribution in [0.15, 0.2) is 66.2 Å². The predicted molar refractivity (Wildman–Crippen MR) is 142 cm³/mol. The maximum absolute atomic E-state index is 13.8. The van der Waals surface area contributed by atoms with Gasteiger partial charge in [0.25, 0.3) is 11.7 Å². The Balaban J connectivity index is 1.65. The van der Waals surface area contributed by atoms with Gasteiger partial charge < -0.3 is 14.7 Å². The summed E-state index contributed by atoms with van der Waals surface area (Å²) >= 11 is 0. The monoisotopic (exact) mass is 500 g/mol. The molecule has 0 radical (unpaired) electrons. The molecule has 0 bridgehead atoms. The molecule has 0 spiro atoms. The first-order valence-corrected chi connectivity index (χ1v) is 12.4. The maximum Gasteiger partial charge on any atom is 0.300 e. The van der Waals surface area contributed by atoms with E-state index in [0.29, 0.717) is 28.1 Å². The van der Waals surface area contributed by atoms with E-state index >= 15 is 0 Å². The molecule has 3 aromatic rings. The van der Waals surface area contributed by atoms with Crippen molar-refractivity contribution in [3.8, 4) is 5.75 Å². The van der Waals surface area contributed by atoms with E-state index in [1.807, 2.05) is 31.2 Å². The molecule has 3 aromatic carbocycles. The Morgan fingerprint density at radius 1 is 0.919 bits per heavy atom. The van der Waals surface area contributed by atoms with Gasteiger partial charge in [-0.15, -0.1) is 0 Å². The van der Waals surface area contributed by atoms with Crippen molar-refractivity contribution < 1.29 is 23.8 Å². The Morgan fingerprint density at radius 3 is 2.16 bits per heavy atom. The number of ketones is 1. The number of benzene rings is 3. The highest BCUT2D eigenvalue weighted by atomic mass is 19.1. The fourth-order valence-electron chi connectivity index (χ4n) is 5.27. The molecule has 1 N–H and O–H groups in total. The Kier molecular flexibility index (Phi) is 6.46. The second-order valence-electron chi connectivity index (χ2n) is 9.57. The quantitative estimate of drug-likeness (QED) is 0.277. The molecule has 1 unspecified atom stereocenters. The first kappa shape index (κ1) is 24.6. The summed E-state index contributed by atoms with van der Waals surface area (Å²) in [6.45, 7) is 5.62. The average molecular weight is 501 g/mol. The van der Waals surface area contributed by atoms with E-state index < -0.39 is 23.5 Å². The van der Waals surface area contributed by atoms with Crippen LogP contribution in [0.1, 0.15) is 41.1 Å². The van der Waals surface area contributed by atoms with Crippen molar-refractivity contribution in [1.82, 2.24) is 0 Å². The molecule has 190 valence electrons. The van der Waals surface area contributed by atoms with E-state index in [1.165, 1.54) is 29.2 Å². The van der Waals surface area contributed by atoms with Crippen LogP contribution in [-0.4, -0.2) is 37.0 Å². The Bertz CT molecular complexity index is 1390. The summed E-state index contributed by atoms with van der Waals surface area (Å²) in [4.78, 5) is 30.5. The van der Waals surface area contributed by atoms with Crippen LogP contribution in [0.4, 0.5) is 15.8 Å². The summed E-state index contributed by atoms with van der Waals surface area (Å²) in [5.41, 5.74) is 3.98. The first-order chi connectivity index (χ1) is 17.8. The summed E-state index contributed by atoms with van der Waals surface area (Å²) in [5, 5.41) is 11.5. The third kappa shape index (κ3) is 4.35. The number of Topliss-reactive ketones (excluding diaryl/α,β-unsaturated/α-hetero) is 1. The third-order valence-corrected chi connectivity index (χ3v) is 7.23. The number of methoxy groups -OCH3 is 1. The van der Waals surface area contributed by atoms with E-state index in [1.54, 1.807) is 26.2 Å². The van der Waals surface area contributed by atoms with Crippen molar-refractivity contribution in [2.75, 3.05) is 30.0 Å². The molecular formula is C30H29FN2O4. The molecule has 0 aliphatic carbocycles. The molecule has 2 aliphatic heterocycles. The summed E-state index contributed by atoms with van der Waals surface area (Å²) in [7, 11) is 1.57. The molecule has 2 fully saturated rings. The van der Waals surface area contributed by atoms with Gasteiger partial charge in [-0.2, -0.15) is 0 Å². The summed E-state index contributed by atoms with van der Waals surface area (Å²) in [6, 6.07) is 15.8.